The monoisotopic (exact) mass is 2110 g/mol. The number of hydrogen-bond donors (Lipinski definition) is 15. The first-order chi connectivity index (χ1) is 63.1. The second-order valence-corrected chi connectivity index (χ2v) is 48.4. The SMILES string of the molecule is Nc1nc2c(ncn2[C@@H]2O[C@@H]3COP(=O)(S)O[C@H]4[C@H](F)[C@H](n5cnc6c(N)ccnc65)O[C@@H]4COP(O)(=S)O[C@@H]2[C@@H]3F)c(=O)[nH]1.Nc1nc2c(nnn2[C@@H]2O[C@@H]3COP(O)(=S)O[C@H]4C[C@H](n5ccc6c(N)ccnc65)O[C@@H]4COP(O)(=S)O[C@@H]2C3)c(=O)[nH]1.Nc1nc2c(nnn2[C@@H]2S[C@@H]3COP(O)(=S)O[C@H]4[C@H](F)[C@H](n5nnc6c(N)ccnc65)O[C@@H]4COP(O)(=S)O[C@@H]2[C@@H]3F)c(=O)[nH]1. The summed E-state index contributed by atoms with van der Waals surface area (Å²) in [6.45, 7) is -28.2. The zero-order chi connectivity index (χ0) is 93.8. The number of fused-ring (bicyclic) bond motifs is 15. The number of thiol groups is 1. The Kier molecular flexibility index (Phi) is 25.9. The molecule has 9 aliphatic rings. The van der Waals surface area contributed by atoms with Crippen molar-refractivity contribution in [3.63, 3.8) is 0 Å². The largest absolute Gasteiger partial charge is 0.398 e. The number of rotatable bonds is 6. The highest BCUT2D eigenvalue weighted by Crippen LogP contribution is 2.62. The van der Waals surface area contributed by atoms with Crippen LogP contribution in [0.15, 0.2) is 76.1 Å². The minimum Gasteiger partial charge on any atom is -0.398 e. The van der Waals surface area contributed by atoms with Crippen LogP contribution in [0.3, 0.4) is 0 Å². The first-order valence-corrected chi connectivity index (χ1v) is 55.3. The third-order valence-corrected chi connectivity index (χ3v) is 32.6. The standard InChI is InChI=1S/C21H23F2N9O9P2S2.C21H25N9O9P2S2.C19H21F2N11O8P2S3/c22-10-8-3-36-42(34,44)40-14-9(39-19(11(14)23)31-5-27-12-7(24)1-2-26-16(12)31)4-37-43(35,45)41-15(10)20(38-8)32-6-28-13-17(32)29-21(25)30-18(13)33;22-11-1-3-24-17-10(11)2-4-29(17)15-6-12-14(37-15)8-35-41(33,43)39-13-5-9(7-34-40(32,42)38-12)36-20(13)30-18-16(27-28-30)19(31)26-21(23)25-18;20-8-7-4-37-42(35,44)39-12-6(38-17(9(12)21)31-14-10(27-29-31)5(22)1-2-24-14)3-36-41(34,43)40-13(8)18(45-7)32-15-11(28-30-32)16(33)26-19(23)25-15/h1-2,5-6,8-11,14-15,19-20H,3-4H2,(H2,24,26)(H,34,44)(H,35,45)(H3,25,29,30,33);1-4,9,12-15,20H,5-8H2,(H2,22,24)(H,32,42)(H,33,43)(H3,23,25,26,31);1-2,6-9,12-13,17-18H,3-4H2,(H2,22,24)(H,34,43)(H,35,44)(H3,23,25,26,33)/t8-,9-,10-,11+,14-,15-,19-,20-,42?,43?;9-,12-,13+,14+,15+,20+,40?,41?;6-,7-,8-,9+,12-,13-,17-,18-,41?,42?/m101/s1. The van der Waals surface area contributed by atoms with E-state index in [1.807, 2.05) is 6.07 Å². The molecule has 0 aliphatic carbocycles. The van der Waals surface area contributed by atoms with Gasteiger partial charge in [0.1, 0.15) is 83.9 Å². The van der Waals surface area contributed by atoms with Gasteiger partial charge in [-0.15, -0.1) is 27.1 Å². The van der Waals surface area contributed by atoms with E-state index < -0.39 is 217 Å². The average Bonchev–Trinajstić information content (AvgIpc) is 1.57. The fraction of sp³-hybridized carbons (Fsp3) is 0.492. The van der Waals surface area contributed by atoms with Crippen LogP contribution in [0.5, 0.6) is 0 Å². The van der Waals surface area contributed by atoms with Crippen LogP contribution >= 0.6 is 64.4 Å². The molecule has 55 nitrogen and oxygen atoms in total. The number of alkyl halides is 4. The van der Waals surface area contributed by atoms with Gasteiger partial charge in [0.25, 0.3) is 16.7 Å². The van der Waals surface area contributed by atoms with E-state index in [-0.39, 0.29) is 111 Å². The number of nitrogens with one attached hydrogen (secondary N) is 3. The summed E-state index contributed by atoms with van der Waals surface area (Å²) >= 11 is 31.0. The molecule has 12 aromatic rings. The summed E-state index contributed by atoms with van der Waals surface area (Å²) < 4.78 is 182. The molecule has 20 N–H and O–H groups in total. The van der Waals surface area contributed by atoms with Crippen molar-refractivity contribution in [2.24, 2.45) is 0 Å². The predicted molar refractivity (Wildman–Crippen MR) is 472 cm³/mol. The van der Waals surface area contributed by atoms with Gasteiger partial charge in [-0.05, 0) is 83.3 Å². The highest BCUT2D eigenvalue weighted by Gasteiger charge is 2.58. The predicted octanol–water partition coefficient (Wildman–Crippen LogP) is 1.78. The van der Waals surface area contributed by atoms with Gasteiger partial charge < -0.3 is 119 Å². The smallest absolute Gasteiger partial charge is 0.386 e. The number of ether oxygens (including phenoxy) is 5. The average molecular weight is 2110 g/mol. The number of H-pyrrole nitrogens is 3. The molecule has 0 saturated carbocycles. The van der Waals surface area contributed by atoms with Crippen LogP contribution in [0.4, 0.5) is 52.5 Å². The number of pyridine rings is 3. The first-order valence-electron chi connectivity index (χ1n) is 38.7. The molecule has 0 amide bonds. The summed E-state index contributed by atoms with van der Waals surface area (Å²) in [4.78, 5) is 132. The zero-order valence-electron chi connectivity index (χ0n) is 66.4. The minimum absolute atomic E-state index is 0.0207. The molecule has 6 bridgehead atoms. The van der Waals surface area contributed by atoms with Gasteiger partial charge in [-0.2, -0.15) is 24.3 Å². The van der Waals surface area contributed by atoms with E-state index in [4.69, 9.17) is 171 Å². The number of aromatic amines is 3. The summed E-state index contributed by atoms with van der Waals surface area (Å²) in [6.07, 6.45) is -19.4. The van der Waals surface area contributed by atoms with Crippen molar-refractivity contribution in [2.45, 2.75) is 146 Å². The van der Waals surface area contributed by atoms with Crippen LogP contribution in [0.1, 0.15) is 49.4 Å². The van der Waals surface area contributed by atoms with E-state index in [2.05, 4.69) is 98.0 Å². The number of hydrogen-bond acceptors (Lipinski definition) is 47. The molecule has 9 fully saturated rings. The van der Waals surface area contributed by atoms with Crippen molar-refractivity contribution in [1.29, 1.82) is 0 Å². The van der Waals surface area contributed by atoms with Crippen molar-refractivity contribution in [3.8, 4) is 0 Å². The quantitative estimate of drug-likeness (QED) is 0.0641. The molecule has 21 heterocycles. The molecule has 9 saturated heterocycles. The molecule has 9 aliphatic heterocycles. The number of thioether (sulfide) groups is 1. The van der Waals surface area contributed by atoms with Gasteiger partial charge in [0, 0.05) is 48.7 Å². The molecule has 0 spiro atoms. The summed E-state index contributed by atoms with van der Waals surface area (Å²) in [5.41, 5.74) is 34.9. The van der Waals surface area contributed by atoms with Gasteiger partial charge in [0.15, 0.2) is 93.7 Å². The Morgan fingerprint density at radius 2 is 0.902 bits per heavy atom. The first kappa shape index (κ1) is 94.6. The second kappa shape index (κ2) is 36.4. The summed E-state index contributed by atoms with van der Waals surface area (Å²) in [7, 11) is 0. The fourth-order valence-corrected chi connectivity index (χ4v) is 26.0. The number of nitrogens with zero attached hydrogens (tertiary/aromatic N) is 20. The van der Waals surface area contributed by atoms with Crippen molar-refractivity contribution in [2.75, 3.05) is 74.0 Å². The number of halogens is 4. The molecule has 0 radical (unpaired) electrons. The highest BCUT2D eigenvalue weighted by atomic mass is 32.7. The van der Waals surface area contributed by atoms with E-state index in [1.165, 1.54) is 40.1 Å². The Labute approximate surface area is 771 Å². The maximum atomic E-state index is 16.0. The maximum absolute atomic E-state index is 16.0. The van der Waals surface area contributed by atoms with E-state index in [0.717, 1.165) is 37.4 Å². The molecule has 72 heteroatoms. The van der Waals surface area contributed by atoms with Gasteiger partial charge in [-0.3, -0.25) is 61.1 Å². The Balaban J connectivity index is 0.000000129. The Hall–Kier alpha value is -7.41. The minimum atomic E-state index is -4.44. The van der Waals surface area contributed by atoms with E-state index in [9.17, 15) is 43.4 Å². The van der Waals surface area contributed by atoms with Crippen molar-refractivity contribution < 1.29 is 125 Å². The highest BCUT2D eigenvalue weighted by molar-refractivity contribution is 8.44. The van der Waals surface area contributed by atoms with Gasteiger partial charge in [-0.25, -0.2) is 51.7 Å². The Bertz CT molecular complexity index is 6790. The number of aromatic nitrogens is 23. The lowest BCUT2D eigenvalue weighted by Crippen LogP contribution is -2.34. The molecule has 12 aromatic heterocycles. The molecule has 133 heavy (non-hydrogen) atoms. The van der Waals surface area contributed by atoms with Gasteiger partial charge in [0.2, 0.25) is 17.8 Å². The second-order valence-electron chi connectivity index (χ2n) is 30.2. The van der Waals surface area contributed by atoms with Gasteiger partial charge in [-0.1, -0.05) is 27.9 Å². The number of nitrogens with two attached hydrogens (primary N) is 6. The molecule has 0 aromatic carbocycles. The number of nitrogen functional groups attached to an aromatic ring is 6. The van der Waals surface area contributed by atoms with E-state index in [0.29, 0.717) is 11.3 Å². The summed E-state index contributed by atoms with van der Waals surface area (Å²) in [5.74, 6) is -0.674. The van der Waals surface area contributed by atoms with Crippen LogP contribution in [0, 0.1) is 0 Å². The normalized spacial score (nSPS) is 36.9. The van der Waals surface area contributed by atoms with Crippen LogP contribution < -0.4 is 51.1 Å². The lowest BCUT2D eigenvalue weighted by molar-refractivity contribution is -0.0635. The van der Waals surface area contributed by atoms with E-state index >= 15 is 17.6 Å². The Morgan fingerprint density at radius 1 is 0.421 bits per heavy atom. The van der Waals surface area contributed by atoms with Crippen molar-refractivity contribution >= 4 is 225 Å². The van der Waals surface area contributed by atoms with Crippen LogP contribution in [-0.2, 0) is 142 Å². The molecular formula is C61H69F4N29O26P6S7. The van der Waals surface area contributed by atoms with Gasteiger partial charge in [0.05, 0.1) is 81.1 Å². The lowest BCUT2D eigenvalue weighted by Gasteiger charge is -2.27. The maximum Gasteiger partial charge on any atom is 0.386 e. The molecule has 28 atom stereocenters. The molecule has 714 valence electrons. The van der Waals surface area contributed by atoms with Crippen molar-refractivity contribution in [3.05, 3.63) is 92.8 Å². The molecular weight excluding hydrogens is 2040 g/mol. The van der Waals surface area contributed by atoms with Crippen LogP contribution in [-0.4, -0.2) is 275 Å². The third-order valence-electron chi connectivity index (χ3n) is 21.7. The Morgan fingerprint density at radius 3 is 1.56 bits per heavy atom. The summed E-state index contributed by atoms with van der Waals surface area (Å²) in [6, 6.07) is 6.51. The lowest BCUT2D eigenvalue weighted by atomic mass is 10.1. The topological polar surface area (TPSA) is 740 Å². The third kappa shape index (κ3) is 18.9. The molecule has 21 rings (SSSR count). The zero-order valence-corrected chi connectivity index (χ0v) is 77.6. The van der Waals surface area contributed by atoms with Crippen LogP contribution in [0.2, 0.25) is 0 Å². The number of anilines is 6. The fourth-order valence-electron chi connectivity index (χ4n) is 15.7. The molecule has 6 unspecified atom stereocenters. The van der Waals surface area contributed by atoms with E-state index in [1.54, 1.807) is 23.0 Å². The van der Waals surface area contributed by atoms with Gasteiger partial charge >= 0.3 is 40.4 Å². The van der Waals surface area contributed by atoms with Crippen LogP contribution in [0.25, 0.3) is 66.9 Å². The summed E-state index contributed by atoms with van der Waals surface area (Å²) in [5, 5.41) is 21.9. The van der Waals surface area contributed by atoms with Crippen molar-refractivity contribution in [1.82, 2.24) is 114 Å². The number of imidazole rings is 2.